The summed E-state index contributed by atoms with van der Waals surface area (Å²) in [6.45, 7) is 7.77. The number of hydrogen-bond acceptors (Lipinski definition) is 8. The molecule has 2 aromatic rings. The largest absolute Gasteiger partial charge is 0.471 e. The molecular formula is C24H29N5O6S. The predicted octanol–water partition coefficient (Wildman–Crippen LogP) is 1.17. The van der Waals surface area contributed by atoms with Gasteiger partial charge in [0.1, 0.15) is 29.6 Å². The Balaban J connectivity index is 1.37. The first kappa shape index (κ1) is 24.3. The van der Waals surface area contributed by atoms with Gasteiger partial charge in [0.05, 0.1) is 22.6 Å². The number of anilines is 2. The highest BCUT2D eigenvalue weighted by atomic mass is 32.2. The zero-order chi connectivity index (χ0) is 25.6. The van der Waals surface area contributed by atoms with Crippen molar-refractivity contribution in [3.05, 3.63) is 35.3 Å². The Hall–Kier alpha value is -3.41. The van der Waals surface area contributed by atoms with E-state index < -0.39 is 22.2 Å². The number of pyridine rings is 1. The molecule has 3 aliphatic rings. The smallest absolute Gasteiger partial charge is 0.259 e. The molecule has 36 heavy (non-hydrogen) atoms. The van der Waals surface area contributed by atoms with Crippen molar-refractivity contribution in [1.29, 1.82) is 0 Å². The average Bonchev–Trinajstić information content (AvgIpc) is 3.22. The Morgan fingerprint density at radius 2 is 1.94 bits per heavy atom. The maximum Gasteiger partial charge on any atom is 0.259 e. The highest BCUT2D eigenvalue weighted by Gasteiger charge is 2.36. The summed E-state index contributed by atoms with van der Waals surface area (Å²) in [4.78, 5) is 46.0. The van der Waals surface area contributed by atoms with Crippen molar-refractivity contribution in [2.75, 3.05) is 47.9 Å². The summed E-state index contributed by atoms with van der Waals surface area (Å²) in [5, 5.41) is 5.70. The lowest BCUT2D eigenvalue weighted by Gasteiger charge is -2.35. The molecule has 0 spiro atoms. The van der Waals surface area contributed by atoms with E-state index in [0.29, 0.717) is 61.4 Å². The lowest BCUT2D eigenvalue weighted by Crippen LogP contribution is -2.49. The van der Waals surface area contributed by atoms with E-state index in [0.717, 1.165) is 0 Å². The first-order valence-corrected chi connectivity index (χ1v) is 13.4. The Morgan fingerprint density at radius 3 is 2.61 bits per heavy atom. The Labute approximate surface area is 211 Å². The van der Waals surface area contributed by atoms with Gasteiger partial charge in [0, 0.05) is 55.9 Å². The fraction of sp³-hybridized carbons (Fsp3) is 0.500. The number of piperazine rings is 1. The van der Waals surface area contributed by atoms with Crippen LogP contribution in [0, 0.1) is 0 Å². The third kappa shape index (κ3) is 4.81. The molecule has 2 fully saturated rings. The molecule has 0 unspecified atom stereocenters. The molecule has 2 aromatic heterocycles. The van der Waals surface area contributed by atoms with Crippen LogP contribution in [0.4, 0.5) is 11.5 Å². The summed E-state index contributed by atoms with van der Waals surface area (Å²) in [7, 11) is -0.913. The van der Waals surface area contributed by atoms with Gasteiger partial charge in [-0.1, -0.05) is 0 Å². The van der Waals surface area contributed by atoms with Crippen LogP contribution in [0.5, 0.6) is 5.88 Å². The van der Waals surface area contributed by atoms with E-state index in [1.807, 2.05) is 13.8 Å². The molecule has 0 aliphatic carbocycles. The number of ether oxygens (including phenoxy) is 1. The molecule has 0 radical (unpaired) electrons. The molecule has 12 heteroatoms. The molecule has 0 aromatic carbocycles. The van der Waals surface area contributed by atoms with Crippen LogP contribution in [0.15, 0.2) is 22.8 Å². The van der Waals surface area contributed by atoms with Crippen molar-refractivity contribution in [2.45, 2.75) is 38.8 Å². The summed E-state index contributed by atoms with van der Waals surface area (Å²) in [5.41, 5.74) is 0.250. The average molecular weight is 516 g/mol. The fourth-order valence-electron chi connectivity index (χ4n) is 4.58. The molecule has 0 bridgehead atoms. The number of fused-ring (bicyclic) bond motifs is 1. The van der Waals surface area contributed by atoms with Crippen LogP contribution < -0.4 is 20.3 Å². The normalized spacial score (nSPS) is 22.8. The van der Waals surface area contributed by atoms with E-state index in [4.69, 9.17) is 9.15 Å². The first-order valence-electron chi connectivity index (χ1n) is 11.9. The summed E-state index contributed by atoms with van der Waals surface area (Å²) in [6.07, 6.45) is 1.52. The maximum absolute atomic E-state index is 13.2. The minimum absolute atomic E-state index is 0.0429. The lowest BCUT2D eigenvalue weighted by molar-refractivity contribution is -0.129. The molecule has 3 amide bonds. The van der Waals surface area contributed by atoms with Gasteiger partial charge in [-0.3, -0.25) is 18.6 Å². The standard InChI is InChI=1S/C24H29N5O6S/c1-14(30)28-6-8-29(9-7-28)19-5-4-17(23(26-19)35-15-12-36(33)13-15)25-21(31)16-11-34-18-10-24(2,3)27-22(32)20(16)18/h4-5,11,15H,6-10,12-13H2,1-3H3,(H,25,31)(H,27,32). The Kier molecular flexibility index (Phi) is 6.23. The summed E-state index contributed by atoms with van der Waals surface area (Å²) in [5.74, 6) is 1.34. The van der Waals surface area contributed by atoms with E-state index in [1.54, 1.807) is 24.0 Å². The second kappa shape index (κ2) is 9.23. The van der Waals surface area contributed by atoms with Crippen LogP contribution in [-0.4, -0.2) is 81.1 Å². The highest BCUT2D eigenvalue weighted by molar-refractivity contribution is 7.86. The number of rotatable bonds is 5. The van der Waals surface area contributed by atoms with Gasteiger partial charge in [-0.2, -0.15) is 4.98 Å². The van der Waals surface area contributed by atoms with E-state index in [1.165, 1.54) is 6.26 Å². The number of carbonyl (C=O) groups excluding carboxylic acids is 3. The number of aromatic nitrogens is 1. The van der Waals surface area contributed by atoms with Gasteiger partial charge >= 0.3 is 0 Å². The predicted molar refractivity (Wildman–Crippen MR) is 133 cm³/mol. The molecule has 192 valence electrons. The van der Waals surface area contributed by atoms with E-state index >= 15 is 0 Å². The summed E-state index contributed by atoms with van der Waals surface area (Å²) >= 11 is 0. The van der Waals surface area contributed by atoms with Crippen LogP contribution in [0.2, 0.25) is 0 Å². The van der Waals surface area contributed by atoms with Gasteiger partial charge in [-0.05, 0) is 26.0 Å². The van der Waals surface area contributed by atoms with Crippen molar-refractivity contribution in [3.63, 3.8) is 0 Å². The molecule has 3 aliphatic heterocycles. The van der Waals surface area contributed by atoms with Crippen molar-refractivity contribution in [2.24, 2.45) is 0 Å². The van der Waals surface area contributed by atoms with Gasteiger partial charge in [-0.15, -0.1) is 0 Å². The van der Waals surface area contributed by atoms with E-state index in [2.05, 4.69) is 20.5 Å². The Bertz CT molecular complexity index is 1240. The van der Waals surface area contributed by atoms with E-state index in [9.17, 15) is 18.6 Å². The van der Waals surface area contributed by atoms with Gasteiger partial charge in [0.2, 0.25) is 11.8 Å². The molecule has 11 nitrogen and oxygen atoms in total. The topological polar surface area (TPSA) is 134 Å². The van der Waals surface area contributed by atoms with Crippen molar-refractivity contribution >= 4 is 40.0 Å². The van der Waals surface area contributed by atoms with E-state index in [-0.39, 0.29) is 34.9 Å². The van der Waals surface area contributed by atoms with Gasteiger partial charge in [-0.25, -0.2) is 0 Å². The second-order valence-electron chi connectivity index (χ2n) is 9.94. The van der Waals surface area contributed by atoms with Gasteiger partial charge < -0.3 is 29.6 Å². The summed E-state index contributed by atoms with van der Waals surface area (Å²) in [6, 6.07) is 3.49. The zero-order valence-corrected chi connectivity index (χ0v) is 21.3. The van der Waals surface area contributed by atoms with Crippen LogP contribution in [-0.2, 0) is 22.0 Å². The first-order chi connectivity index (χ1) is 17.1. The number of amides is 3. The second-order valence-corrected chi connectivity index (χ2v) is 11.5. The third-order valence-electron chi connectivity index (χ3n) is 6.56. The molecule has 0 atom stereocenters. The van der Waals surface area contributed by atoms with Crippen LogP contribution >= 0.6 is 0 Å². The molecule has 0 saturated carbocycles. The number of nitrogens with one attached hydrogen (secondary N) is 2. The number of hydrogen-bond donors (Lipinski definition) is 2. The maximum atomic E-state index is 13.2. The number of carbonyl (C=O) groups is 3. The van der Waals surface area contributed by atoms with Crippen LogP contribution in [0.25, 0.3) is 0 Å². The molecular weight excluding hydrogens is 486 g/mol. The fourth-order valence-corrected chi connectivity index (χ4v) is 5.45. The lowest BCUT2D eigenvalue weighted by atomic mass is 9.91. The minimum Gasteiger partial charge on any atom is -0.471 e. The summed E-state index contributed by atoms with van der Waals surface area (Å²) < 4.78 is 23.2. The number of nitrogens with zero attached hydrogens (tertiary/aromatic N) is 3. The van der Waals surface area contributed by atoms with Gasteiger partial charge in [0.25, 0.3) is 11.8 Å². The molecule has 2 saturated heterocycles. The zero-order valence-electron chi connectivity index (χ0n) is 20.5. The molecule has 2 N–H and O–H groups in total. The van der Waals surface area contributed by atoms with Crippen molar-refractivity contribution in [3.8, 4) is 5.88 Å². The molecule has 5 rings (SSSR count). The SMILES string of the molecule is CC(=O)N1CCN(c2ccc(NC(=O)c3coc4c3C(=O)NC(C)(C)C4)c(OC3CS(=O)C3)n2)CC1. The number of furan rings is 1. The van der Waals surface area contributed by atoms with Crippen molar-refractivity contribution in [1.82, 2.24) is 15.2 Å². The molecule has 5 heterocycles. The Morgan fingerprint density at radius 1 is 1.22 bits per heavy atom. The highest BCUT2D eigenvalue weighted by Crippen LogP contribution is 2.31. The van der Waals surface area contributed by atoms with Crippen molar-refractivity contribution < 1.29 is 27.7 Å². The van der Waals surface area contributed by atoms with Gasteiger partial charge in [0.15, 0.2) is 0 Å². The van der Waals surface area contributed by atoms with Crippen LogP contribution in [0.1, 0.15) is 47.2 Å². The van der Waals surface area contributed by atoms with Crippen LogP contribution in [0.3, 0.4) is 0 Å². The quantitative estimate of drug-likeness (QED) is 0.606. The third-order valence-corrected chi connectivity index (χ3v) is 8.05. The monoisotopic (exact) mass is 515 g/mol. The minimum atomic E-state index is -0.913.